The summed E-state index contributed by atoms with van der Waals surface area (Å²) in [7, 11) is 0. The van der Waals surface area contributed by atoms with Crippen molar-refractivity contribution in [3.8, 4) is 22.4 Å². The van der Waals surface area contributed by atoms with E-state index >= 15 is 0 Å². The Bertz CT molecular complexity index is 572. The monoisotopic (exact) mass is 205 g/mol. The van der Waals surface area contributed by atoms with Gasteiger partial charge in [-0.1, -0.05) is 60.7 Å². The van der Waals surface area contributed by atoms with Crippen LogP contribution >= 0.6 is 0 Å². The maximum atomic E-state index is 4.49. The Hall–Kier alpha value is -2.15. The lowest BCUT2D eigenvalue weighted by atomic mass is 10.1. The van der Waals surface area contributed by atoms with Crippen LogP contribution in [0.15, 0.2) is 66.9 Å². The molecule has 0 saturated heterocycles. The highest BCUT2D eigenvalue weighted by Crippen LogP contribution is 2.31. The predicted octanol–water partition coefficient (Wildman–Crippen LogP) is 3.85. The van der Waals surface area contributed by atoms with Gasteiger partial charge >= 0.3 is 0 Å². The molecule has 0 aromatic heterocycles. The van der Waals surface area contributed by atoms with Gasteiger partial charge in [0.25, 0.3) is 0 Å². The molecule has 16 heavy (non-hydrogen) atoms. The molecule has 1 heteroatoms. The first-order valence-electron chi connectivity index (χ1n) is 5.34. The summed E-state index contributed by atoms with van der Waals surface area (Å²) >= 11 is 0. The molecule has 1 aliphatic carbocycles. The summed E-state index contributed by atoms with van der Waals surface area (Å²) in [6, 6.07) is 20.6. The highest BCUT2D eigenvalue weighted by atomic mass is 14.7. The van der Waals surface area contributed by atoms with Crippen LogP contribution in [0.3, 0.4) is 0 Å². The summed E-state index contributed by atoms with van der Waals surface area (Å²) in [6.07, 6.45) is 1.93. The van der Waals surface area contributed by atoms with Gasteiger partial charge in [-0.3, -0.25) is 4.98 Å². The minimum atomic E-state index is 1.06. The average Bonchev–Trinajstić information content (AvgIpc) is 2.60. The van der Waals surface area contributed by atoms with Crippen molar-refractivity contribution in [1.29, 1.82) is 0 Å². The van der Waals surface area contributed by atoms with E-state index in [0.717, 1.165) is 5.69 Å². The number of hydrogen-bond donors (Lipinski definition) is 0. The van der Waals surface area contributed by atoms with Crippen LogP contribution in [0.4, 0.5) is 0 Å². The van der Waals surface area contributed by atoms with Gasteiger partial charge in [0.1, 0.15) is 0 Å². The SMILES string of the molecule is c1ccc(-c2ncc3cccccc2-3)cc1. The van der Waals surface area contributed by atoms with Crippen molar-refractivity contribution in [1.82, 2.24) is 4.98 Å². The van der Waals surface area contributed by atoms with Crippen molar-refractivity contribution in [3.05, 3.63) is 66.9 Å². The Labute approximate surface area is 94.7 Å². The molecule has 0 amide bonds. The highest BCUT2D eigenvalue weighted by molar-refractivity contribution is 5.82. The van der Waals surface area contributed by atoms with Crippen molar-refractivity contribution in [2.24, 2.45) is 0 Å². The van der Waals surface area contributed by atoms with E-state index in [1.165, 1.54) is 16.7 Å². The van der Waals surface area contributed by atoms with Gasteiger partial charge in [0.2, 0.25) is 0 Å². The largest absolute Gasteiger partial charge is 0.255 e. The molecule has 1 aromatic rings. The zero-order valence-corrected chi connectivity index (χ0v) is 8.80. The molecule has 0 unspecified atom stereocenters. The van der Waals surface area contributed by atoms with Crippen LogP contribution in [0.1, 0.15) is 0 Å². The lowest BCUT2D eigenvalue weighted by molar-refractivity contribution is 1.41. The second-order valence-electron chi connectivity index (χ2n) is 3.75. The summed E-state index contributed by atoms with van der Waals surface area (Å²) in [5, 5.41) is 0. The van der Waals surface area contributed by atoms with E-state index in [1.807, 2.05) is 36.5 Å². The summed E-state index contributed by atoms with van der Waals surface area (Å²) < 4.78 is 0. The third-order valence-corrected chi connectivity index (χ3v) is 2.71. The molecule has 0 saturated carbocycles. The molecule has 1 aromatic carbocycles. The second-order valence-corrected chi connectivity index (χ2v) is 3.75. The average molecular weight is 205 g/mol. The third-order valence-electron chi connectivity index (χ3n) is 2.71. The molecule has 0 fully saturated rings. The molecule has 1 aliphatic heterocycles. The van der Waals surface area contributed by atoms with Crippen molar-refractivity contribution in [2.75, 3.05) is 0 Å². The van der Waals surface area contributed by atoms with Crippen molar-refractivity contribution in [3.63, 3.8) is 0 Å². The Balaban J connectivity index is 2.22. The van der Waals surface area contributed by atoms with E-state index in [-0.39, 0.29) is 0 Å². The third kappa shape index (κ3) is 1.47. The van der Waals surface area contributed by atoms with Crippen LogP contribution in [0.5, 0.6) is 0 Å². The first-order valence-corrected chi connectivity index (χ1v) is 5.34. The van der Waals surface area contributed by atoms with Crippen molar-refractivity contribution >= 4 is 0 Å². The first-order chi connectivity index (χ1) is 7.95. The Morgan fingerprint density at radius 3 is 2.00 bits per heavy atom. The fourth-order valence-corrected chi connectivity index (χ4v) is 1.92. The second kappa shape index (κ2) is 3.78. The Morgan fingerprint density at radius 2 is 1.25 bits per heavy atom. The maximum absolute atomic E-state index is 4.49. The molecule has 0 bridgehead atoms. The van der Waals surface area contributed by atoms with E-state index in [2.05, 4.69) is 35.3 Å². The molecule has 0 spiro atoms. The van der Waals surface area contributed by atoms with Crippen LogP contribution < -0.4 is 0 Å². The highest BCUT2D eigenvalue weighted by Gasteiger charge is 2.10. The normalized spacial score (nSPS) is 10.5. The number of hydrogen-bond acceptors (Lipinski definition) is 1. The van der Waals surface area contributed by atoms with Crippen LogP contribution in [-0.4, -0.2) is 4.98 Å². The van der Waals surface area contributed by atoms with Crippen LogP contribution in [0, 0.1) is 0 Å². The molecular formula is C15H11N. The zero-order valence-electron chi connectivity index (χ0n) is 8.80. The molecule has 1 heterocycles. The van der Waals surface area contributed by atoms with Gasteiger partial charge in [-0.05, 0) is 0 Å². The van der Waals surface area contributed by atoms with Crippen molar-refractivity contribution in [2.45, 2.75) is 0 Å². The lowest BCUT2D eigenvalue weighted by Gasteiger charge is -1.99. The number of rotatable bonds is 1. The smallest absolute Gasteiger partial charge is 0.0781 e. The van der Waals surface area contributed by atoms with Gasteiger partial charge in [-0.15, -0.1) is 0 Å². The quantitative estimate of drug-likeness (QED) is 0.588. The van der Waals surface area contributed by atoms with Gasteiger partial charge in [-0.2, -0.15) is 0 Å². The van der Waals surface area contributed by atoms with Crippen LogP contribution in [0.2, 0.25) is 0 Å². The zero-order chi connectivity index (χ0) is 10.8. The van der Waals surface area contributed by atoms with Gasteiger partial charge in [0.15, 0.2) is 0 Å². The van der Waals surface area contributed by atoms with Gasteiger partial charge in [0.05, 0.1) is 5.69 Å². The maximum Gasteiger partial charge on any atom is 0.0781 e. The summed E-state index contributed by atoms with van der Waals surface area (Å²) in [6.45, 7) is 0. The fraction of sp³-hybridized carbons (Fsp3) is 0. The van der Waals surface area contributed by atoms with E-state index in [4.69, 9.17) is 0 Å². The van der Waals surface area contributed by atoms with Gasteiger partial charge < -0.3 is 0 Å². The number of nitrogens with zero attached hydrogens (tertiary/aromatic N) is 1. The van der Waals surface area contributed by atoms with Crippen LogP contribution in [0.25, 0.3) is 22.4 Å². The fourth-order valence-electron chi connectivity index (χ4n) is 1.92. The topological polar surface area (TPSA) is 12.9 Å². The number of fused-ring (bicyclic) bond motifs is 1. The van der Waals surface area contributed by atoms with Crippen molar-refractivity contribution < 1.29 is 0 Å². The number of aromatic nitrogens is 1. The molecule has 0 atom stereocenters. The standard InChI is InChI=1S/C15H11N/c1-3-7-12(8-4-1)15-14-10-6-2-5-9-13(14)11-16-15/h1-11H. The molecule has 76 valence electrons. The summed E-state index contributed by atoms with van der Waals surface area (Å²) in [5.74, 6) is 0. The van der Waals surface area contributed by atoms with E-state index < -0.39 is 0 Å². The van der Waals surface area contributed by atoms with E-state index in [0.29, 0.717) is 0 Å². The molecule has 0 N–H and O–H groups in total. The molecule has 1 nitrogen and oxygen atoms in total. The lowest BCUT2D eigenvalue weighted by Crippen LogP contribution is -1.77. The molecule has 0 radical (unpaired) electrons. The molecular weight excluding hydrogens is 194 g/mol. The van der Waals surface area contributed by atoms with Gasteiger partial charge in [-0.25, -0.2) is 0 Å². The predicted molar refractivity (Wildman–Crippen MR) is 66.3 cm³/mol. The minimum absolute atomic E-state index is 1.06. The number of benzene rings is 1. The molecule has 3 rings (SSSR count). The minimum Gasteiger partial charge on any atom is -0.255 e. The van der Waals surface area contributed by atoms with E-state index in [9.17, 15) is 0 Å². The van der Waals surface area contributed by atoms with Gasteiger partial charge in [0, 0.05) is 22.9 Å². The van der Waals surface area contributed by atoms with Crippen LogP contribution in [-0.2, 0) is 0 Å². The summed E-state index contributed by atoms with van der Waals surface area (Å²) in [5.41, 5.74) is 4.62. The summed E-state index contributed by atoms with van der Waals surface area (Å²) in [4.78, 5) is 4.49. The Morgan fingerprint density at radius 1 is 0.625 bits per heavy atom. The van der Waals surface area contributed by atoms with E-state index in [1.54, 1.807) is 0 Å². The Kier molecular flexibility index (Phi) is 2.15. The first kappa shape index (κ1) is 9.10. The molecule has 2 aliphatic rings.